The molecule has 2 aliphatic rings. The lowest BCUT2D eigenvalue weighted by molar-refractivity contribution is -0.116. The van der Waals surface area contributed by atoms with Crippen LogP contribution < -0.4 is 20.6 Å². The van der Waals surface area contributed by atoms with Gasteiger partial charge in [-0.3, -0.25) is 15.1 Å². The first kappa shape index (κ1) is 20.1. The summed E-state index contributed by atoms with van der Waals surface area (Å²) in [4.78, 5) is 18.0. The summed E-state index contributed by atoms with van der Waals surface area (Å²) < 4.78 is 5.28. The second kappa shape index (κ2) is 8.39. The van der Waals surface area contributed by atoms with Crippen molar-refractivity contribution in [1.29, 1.82) is 0 Å². The Kier molecular flexibility index (Phi) is 5.28. The highest BCUT2D eigenvalue weighted by atomic mass is 32.2. The maximum Gasteiger partial charge on any atom is 0.276 e. The van der Waals surface area contributed by atoms with Gasteiger partial charge < -0.3 is 9.84 Å². The SMILES string of the molecule is COc1cc(C2N=c3ccccc3=C3C(=O)NC(SCc4ccccc4)=NN32)ccc1O. The molecule has 0 saturated heterocycles. The van der Waals surface area contributed by atoms with E-state index in [9.17, 15) is 9.90 Å². The highest BCUT2D eigenvalue weighted by Crippen LogP contribution is 2.35. The van der Waals surface area contributed by atoms with Gasteiger partial charge in [-0.05, 0) is 23.8 Å². The molecule has 5 rings (SSSR count). The Balaban J connectivity index is 1.58. The molecule has 0 spiro atoms. The van der Waals surface area contributed by atoms with Crippen LogP contribution in [-0.2, 0) is 10.5 Å². The molecule has 3 aromatic carbocycles. The maximum absolute atomic E-state index is 13.2. The third-order valence-electron chi connectivity index (χ3n) is 5.24. The maximum atomic E-state index is 13.2. The van der Waals surface area contributed by atoms with Crippen LogP contribution in [0.5, 0.6) is 11.5 Å². The summed E-state index contributed by atoms with van der Waals surface area (Å²) in [6.45, 7) is 0. The fourth-order valence-corrected chi connectivity index (χ4v) is 4.50. The molecule has 2 aliphatic heterocycles. The first-order valence-corrected chi connectivity index (χ1v) is 11.0. The molecule has 32 heavy (non-hydrogen) atoms. The third-order valence-corrected chi connectivity index (χ3v) is 6.17. The van der Waals surface area contributed by atoms with E-state index >= 15 is 0 Å². The molecule has 0 saturated carbocycles. The van der Waals surface area contributed by atoms with Crippen LogP contribution >= 0.6 is 11.8 Å². The number of amides is 1. The van der Waals surface area contributed by atoms with Crippen LogP contribution in [-0.4, -0.2) is 28.3 Å². The number of carbonyl (C=O) groups is 1. The standard InChI is InChI=1S/C24H20N4O3S/c1-31-20-13-16(11-12-19(20)29)22-25-18-10-6-5-9-17(18)21-23(30)26-24(27-28(21)22)32-14-15-7-3-2-4-8-15/h2-13,22,29H,14H2,1H3,(H,26,27,30). The Labute approximate surface area is 188 Å². The Hall–Kier alpha value is -3.78. The largest absolute Gasteiger partial charge is 0.504 e. The first-order valence-electron chi connectivity index (χ1n) is 10.0. The first-order chi connectivity index (χ1) is 15.6. The highest BCUT2D eigenvalue weighted by Gasteiger charge is 2.34. The number of amidine groups is 1. The van der Waals surface area contributed by atoms with E-state index in [1.165, 1.54) is 18.9 Å². The zero-order valence-corrected chi connectivity index (χ0v) is 18.0. The molecule has 7 nitrogen and oxygen atoms in total. The molecule has 3 aromatic rings. The van der Waals surface area contributed by atoms with Crippen LogP contribution in [0.15, 0.2) is 82.9 Å². The number of hydrazone groups is 1. The van der Waals surface area contributed by atoms with Gasteiger partial charge in [-0.1, -0.05) is 66.4 Å². The minimum Gasteiger partial charge on any atom is -0.504 e. The predicted molar refractivity (Wildman–Crippen MR) is 123 cm³/mol. The minimum absolute atomic E-state index is 0.0376. The predicted octanol–water partition coefficient (Wildman–Crippen LogP) is 2.48. The number of rotatable bonds is 4. The van der Waals surface area contributed by atoms with E-state index < -0.39 is 6.17 Å². The lowest BCUT2D eigenvalue weighted by Gasteiger charge is -2.34. The van der Waals surface area contributed by atoms with Crippen molar-refractivity contribution in [1.82, 2.24) is 10.3 Å². The van der Waals surface area contributed by atoms with Crippen LogP contribution in [0, 0.1) is 0 Å². The monoisotopic (exact) mass is 444 g/mol. The number of ether oxygens (including phenoxy) is 1. The molecule has 0 bridgehead atoms. The van der Waals surface area contributed by atoms with Gasteiger partial charge in [-0.15, -0.1) is 5.10 Å². The number of benzene rings is 3. The topological polar surface area (TPSA) is 86.5 Å². The van der Waals surface area contributed by atoms with Crippen molar-refractivity contribution in [3.63, 3.8) is 0 Å². The molecular weight excluding hydrogens is 424 g/mol. The van der Waals surface area contributed by atoms with Crippen LogP contribution in [0.3, 0.4) is 0 Å². The number of aromatic hydroxyl groups is 1. The van der Waals surface area contributed by atoms with Crippen LogP contribution in [0.1, 0.15) is 17.3 Å². The molecule has 2 heterocycles. The normalized spacial score (nSPS) is 17.0. The zero-order chi connectivity index (χ0) is 22.1. The molecular formula is C24H20N4O3S. The van der Waals surface area contributed by atoms with E-state index in [1.807, 2.05) is 54.6 Å². The second-order valence-electron chi connectivity index (χ2n) is 7.28. The third kappa shape index (κ3) is 3.69. The van der Waals surface area contributed by atoms with Gasteiger partial charge in [0.2, 0.25) is 0 Å². The Morgan fingerprint density at radius 3 is 2.69 bits per heavy atom. The smallest absolute Gasteiger partial charge is 0.276 e. The van der Waals surface area contributed by atoms with Gasteiger partial charge in [0, 0.05) is 16.5 Å². The number of thioether (sulfide) groups is 1. The number of phenols is 1. The van der Waals surface area contributed by atoms with Gasteiger partial charge >= 0.3 is 0 Å². The van der Waals surface area contributed by atoms with Gasteiger partial charge in [0.05, 0.1) is 12.5 Å². The average Bonchev–Trinajstić information content (AvgIpc) is 2.83. The summed E-state index contributed by atoms with van der Waals surface area (Å²) in [6, 6.07) is 22.5. The summed E-state index contributed by atoms with van der Waals surface area (Å²) >= 11 is 1.46. The summed E-state index contributed by atoms with van der Waals surface area (Å²) in [5.74, 6) is 0.820. The summed E-state index contributed by atoms with van der Waals surface area (Å²) in [6.07, 6.45) is -0.576. The van der Waals surface area contributed by atoms with E-state index in [0.717, 1.165) is 16.3 Å². The van der Waals surface area contributed by atoms with Crippen molar-refractivity contribution < 1.29 is 14.6 Å². The van der Waals surface area contributed by atoms with E-state index in [-0.39, 0.29) is 11.7 Å². The van der Waals surface area contributed by atoms with Gasteiger partial charge in [-0.2, -0.15) is 0 Å². The number of para-hydroxylation sites is 1. The number of nitrogens with zero attached hydrogens (tertiary/aromatic N) is 3. The molecule has 1 unspecified atom stereocenters. The summed E-state index contributed by atoms with van der Waals surface area (Å²) in [5.41, 5.74) is 2.33. The molecule has 0 aliphatic carbocycles. The van der Waals surface area contributed by atoms with Crippen molar-refractivity contribution in [3.05, 3.63) is 94.5 Å². The quantitative estimate of drug-likeness (QED) is 0.646. The Bertz CT molecular complexity index is 1340. The van der Waals surface area contributed by atoms with Crippen molar-refractivity contribution in [2.45, 2.75) is 11.9 Å². The Morgan fingerprint density at radius 1 is 1.09 bits per heavy atom. The lowest BCUT2D eigenvalue weighted by atomic mass is 10.1. The van der Waals surface area contributed by atoms with Crippen LogP contribution in [0.25, 0.3) is 5.70 Å². The average molecular weight is 445 g/mol. The van der Waals surface area contributed by atoms with Gasteiger partial charge in [-0.25, -0.2) is 5.01 Å². The number of methoxy groups -OCH3 is 1. The number of nitrogens with one attached hydrogen (secondary N) is 1. The van der Waals surface area contributed by atoms with E-state index in [0.29, 0.717) is 27.7 Å². The van der Waals surface area contributed by atoms with Crippen LogP contribution in [0.2, 0.25) is 0 Å². The lowest BCUT2D eigenvalue weighted by Crippen LogP contribution is -2.50. The number of carbonyl (C=O) groups excluding carboxylic acids is 1. The molecule has 2 N–H and O–H groups in total. The summed E-state index contributed by atoms with van der Waals surface area (Å²) in [5, 5.41) is 21.3. The highest BCUT2D eigenvalue weighted by molar-refractivity contribution is 8.13. The Morgan fingerprint density at radius 2 is 1.88 bits per heavy atom. The number of hydrogen-bond donors (Lipinski definition) is 2. The molecule has 1 atom stereocenters. The van der Waals surface area contributed by atoms with E-state index in [4.69, 9.17) is 14.8 Å². The van der Waals surface area contributed by atoms with Gasteiger partial charge in [0.1, 0.15) is 5.70 Å². The number of phenolic OH excluding ortho intramolecular Hbond substituents is 1. The van der Waals surface area contributed by atoms with Crippen molar-refractivity contribution in [3.8, 4) is 11.5 Å². The second-order valence-corrected chi connectivity index (χ2v) is 8.24. The molecule has 0 aromatic heterocycles. The zero-order valence-electron chi connectivity index (χ0n) is 17.2. The molecule has 0 fully saturated rings. The van der Waals surface area contributed by atoms with E-state index in [1.54, 1.807) is 23.2 Å². The van der Waals surface area contributed by atoms with Crippen molar-refractivity contribution in [2.24, 2.45) is 10.1 Å². The van der Waals surface area contributed by atoms with Gasteiger partial charge in [0.25, 0.3) is 5.91 Å². The molecule has 8 heteroatoms. The van der Waals surface area contributed by atoms with Crippen molar-refractivity contribution >= 4 is 28.5 Å². The van der Waals surface area contributed by atoms with Crippen molar-refractivity contribution in [2.75, 3.05) is 7.11 Å². The fraction of sp³-hybridized carbons (Fsp3) is 0.125. The fourth-order valence-electron chi connectivity index (χ4n) is 3.69. The number of fused-ring (bicyclic) bond motifs is 2. The number of hydrogen-bond acceptors (Lipinski definition) is 7. The molecule has 160 valence electrons. The van der Waals surface area contributed by atoms with Gasteiger partial charge in [0.15, 0.2) is 22.8 Å². The molecule has 0 radical (unpaired) electrons. The van der Waals surface area contributed by atoms with E-state index in [2.05, 4.69) is 5.32 Å². The minimum atomic E-state index is -0.576. The summed E-state index contributed by atoms with van der Waals surface area (Å²) in [7, 11) is 1.49. The molecule has 1 amide bonds. The van der Waals surface area contributed by atoms with Crippen LogP contribution in [0.4, 0.5) is 0 Å².